The highest BCUT2D eigenvalue weighted by atomic mass is 16.6. The first kappa shape index (κ1) is 16.3. The molecule has 3 rings (SSSR count). The summed E-state index contributed by atoms with van der Waals surface area (Å²) in [5, 5.41) is 29.0. The SMILES string of the molecule is Nc1ncnc2c1ncn2[C@@H]1O[C@H](/C=C\CCC(=O)O)[C@@H](O)[C@H]1O. The van der Waals surface area contributed by atoms with Crippen LogP contribution >= 0.6 is 0 Å². The lowest BCUT2D eigenvalue weighted by atomic mass is 10.1. The Labute approximate surface area is 136 Å². The molecule has 0 spiro atoms. The second-order valence-corrected chi connectivity index (χ2v) is 5.42. The van der Waals surface area contributed by atoms with Gasteiger partial charge in [0.05, 0.1) is 6.33 Å². The zero-order valence-electron chi connectivity index (χ0n) is 12.6. The molecule has 10 heteroatoms. The van der Waals surface area contributed by atoms with Crippen LogP contribution in [0.3, 0.4) is 0 Å². The van der Waals surface area contributed by atoms with E-state index in [1.165, 1.54) is 17.2 Å². The number of anilines is 1. The van der Waals surface area contributed by atoms with E-state index >= 15 is 0 Å². The van der Waals surface area contributed by atoms with Crippen molar-refractivity contribution in [3.63, 3.8) is 0 Å². The molecule has 0 amide bonds. The van der Waals surface area contributed by atoms with Crippen LogP contribution in [0.2, 0.25) is 0 Å². The van der Waals surface area contributed by atoms with Gasteiger partial charge in [0.2, 0.25) is 0 Å². The van der Waals surface area contributed by atoms with Crippen molar-refractivity contribution in [1.29, 1.82) is 0 Å². The Morgan fingerprint density at radius 2 is 2.12 bits per heavy atom. The Hall–Kier alpha value is -2.56. The molecule has 2 aromatic rings. The van der Waals surface area contributed by atoms with Crippen molar-refractivity contribution in [2.75, 3.05) is 5.73 Å². The van der Waals surface area contributed by atoms with Crippen molar-refractivity contribution in [3.8, 4) is 0 Å². The number of nitrogens with two attached hydrogens (primary N) is 1. The van der Waals surface area contributed by atoms with Gasteiger partial charge in [0.15, 0.2) is 17.7 Å². The summed E-state index contributed by atoms with van der Waals surface area (Å²) in [6, 6.07) is 0. The van der Waals surface area contributed by atoms with E-state index in [2.05, 4.69) is 15.0 Å². The number of aliphatic hydroxyl groups excluding tert-OH is 2. The first-order valence-electron chi connectivity index (χ1n) is 7.32. The molecule has 128 valence electrons. The van der Waals surface area contributed by atoms with E-state index in [0.717, 1.165) is 0 Å². The maximum absolute atomic E-state index is 10.5. The number of carboxylic acid groups (broad SMARTS) is 1. The molecule has 1 fully saturated rings. The Morgan fingerprint density at radius 1 is 1.33 bits per heavy atom. The normalized spacial score (nSPS) is 27.2. The first-order chi connectivity index (χ1) is 11.5. The van der Waals surface area contributed by atoms with E-state index in [-0.39, 0.29) is 12.2 Å². The average Bonchev–Trinajstić information content (AvgIpc) is 3.08. The number of fused-ring (bicyclic) bond motifs is 1. The van der Waals surface area contributed by atoms with E-state index in [1.807, 2.05) is 0 Å². The number of allylic oxidation sites excluding steroid dienone is 1. The second kappa shape index (κ2) is 6.51. The lowest BCUT2D eigenvalue weighted by Crippen LogP contribution is -2.30. The van der Waals surface area contributed by atoms with E-state index in [0.29, 0.717) is 17.6 Å². The molecule has 0 saturated carbocycles. The van der Waals surface area contributed by atoms with Crippen molar-refractivity contribution in [3.05, 3.63) is 24.8 Å². The second-order valence-electron chi connectivity index (χ2n) is 5.42. The summed E-state index contributed by atoms with van der Waals surface area (Å²) >= 11 is 0. The van der Waals surface area contributed by atoms with E-state index in [9.17, 15) is 15.0 Å². The summed E-state index contributed by atoms with van der Waals surface area (Å²) in [6.07, 6.45) is 2.09. The highest BCUT2D eigenvalue weighted by Gasteiger charge is 2.43. The summed E-state index contributed by atoms with van der Waals surface area (Å²) in [6.45, 7) is 0. The molecule has 1 aliphatic heterocycles. The molecule has 4 atom stereocenters. The molecule has 3 heterocycles. The third-order valence-corrected chi connectivity index (χ3v) is 3.79. The average molecular weight is 335 g/mol. The van der Waals surface area contributed by atoms with Gasteiger partial charge in [0, 0.05) is 6.42 Å². The summed E-state index contributed by atoms with van der Waals surface area (Å²) in [4.78, 5) is 22.5. The van der Waals surface area contributed by atoms with E-state index in [1.54, 1.807) is 12.2 Å². The minimum Gasteiger partial charge on any atom is -0.481 e. The maximum atomic E-state index is 10.5. The molecule has 0 aromatic carbocycles. The van der Waals surface area contributed by atoms with Gasteiger partial charge in [0.1, 0.15) is 30.2 Å². The maximum Gasteiger partial charge on any atom is 0.303 e. The standard InChI is InChI=1S/C14H17N5O5/c15-12-9-13(17-5-16-12)19(6-18-9)14-11(23)10(22)7(24-14)3-1-2-4-8(20)21/h1,3,5-7,10-11,14,22-23H,2,4H2,(H,20,21)(H2,15,16,17)/b3-1-/t7-,10-,11-,14-/m1/s1. The predicted molar refractivity (Wildman–Crippen MR) is 81.7 cm³/mol. The summed E-state index contributed by atoms with van der Waals surface area (Å²) in [5.41, 5.74) is 6.49. The molecule has 5 N–H and O–H groups in total. The van der Waals surface area contributed by atoms with Crippen molar-refractivity contribution in [2.24, 2.45) is 0 Å². The van der Waals surface area contributed by atoms with Gasteiger partial charge >= 0.3 is 5.97 Å². The number of nitrogen functional groups attached to an aromatic ring is 1. The smallest absolute Gasteiger partial charge is 0.303 e. The van der Waals surface area contributed by atoms with Crippen molar-refractivity contribution in [1.82, 2.24) is 19.5 Å². The number of aliphatic hydroxyl groups is 2. The van der Waals surface area contributed by atoms with Crippen LogP contribution in [0.5, 0.6) is 0 Å². The van der Waals surface area contributed by atoms with Crippen LogP contribution in [0, 0.1) is 0 Å². The molecule has 10 nitrogen and oxygen atoms in total. The zero-order valence-corrected chi connectivity index (χ0v) is 12.6. The Bertz CT molecular complexity index is 776. The minimum absolute atomic E-state index is 0.0202. The molecular weight excluding hydrogens is 318 g/mol. The molecule has 2 aromatic heterocycles. The number of aromatic nitrogens is 4. The molecule has 0 radical (unpaired) electrons. The fourth-order valence-corrected chi connectivity index (χ4v) is 2.57. The summed E-state index contributed by atoms with van der Waals surface area (Å²) in [5.74, 6) is -0.704. The van der Waals surface area contributed by atoms with Gasteiger partial charge in [-0.1, -0.05) is 12.2 Å². The van der Waals surface area contributed by atoms with Gasteiger partial charge < -0.3 is 25.8 Å². The molecule has 24 heavy (non-hydrogen) atoms. The Balaban J connectivity index is 1.79. The minimum atomic E-state index is -1.20. The highest BCUT2D eigenvalue weighted by molar-refractivity contribution is 5.81. The number of ether oxygens (including phenoxy) is 1. The van der Waals surface area contributed by atoms with E-state index in [4.69, 9.17) is 15.6 Å². The fraction of sp³-hybridized carbons (Fsp3) is 0.429. The third-order valence-electron chi connectivity index (χ3n) is 3.79. The van der Waals surface area contributed by atoms with Crippen molar-refractivity contribution in [2.45, 2.75) is 37.4 Å². The summed E-state index contributed by atoms with van der Waals surface area (Å²) in [7, 11) is 0. The van der Waals surface area contributed by atoms with Crippen LogP contribution in [0.25, 0.3) is 11.2 Å². The monoisotopic (exact) mass is 335 g/mol. The number of aliphatic carboxylic acids is 1. The topological polar surface area (TPSA) is 157 Å². The quantitative estimate of drug-likeness (QED) is 0.526. The molecule has 0 aliphatic carbocycles. The number of carboxylic acids is 1. The fourth-order valence-electron chi connectivity index (χ4n) is 2.57. The number of imidazole rings is 1. The largest absolute Gasteiger partial charge is 0.481 e. The van der Waals surface area contributed by atoms with Crippen LogP contribution in [-0.2, 0) is 9.53 Å². The van der Waals surface area contributed by atoms with Gasteiger partial charge in [-0.2, -0.15) is 0 Å². The molecular formula is C14H17N5O5. The lowest BCUT2D eigenvalue weighted by Gasteiger charge is -2.16. The van der Waals surface area contributed by atoms with Crippen LogP contribution in [0.1, 0.15) is 19.1 Å². The van der Waals surface area contributed by atoms with Crippen LogP contribution < -0.4 is 5.73 Å². The van der Waals surface area contributed by atoms with E-state index < -0.39 is 30.5 Å². The molecule has 1 saturated heterocycles. The number of carbonyl (C=O) groups is 1. The Morgan fingerprint density at radius 3 is 2.88 bits per heavy atom. The number of rotatable bonds is 5. The molecule has 1 aliphatic rings. The van der Waals surface area contributed by atoms with Crippen LogP contribution in [0.15, 0.2) is 24.8 Å². The van der Waals surface area contributed by atoms with Crippen LogP contribution in [0.4, 0.5) is 5.82 Å². The number of hydrogen-bond donors (Lipinski definition) is 4. The number of hydrogen-bond acceptors (Lipinski definition) is 8. The first-order valence-corrected chi connectivity index (χ1v) is 7.32. The molecule has 0 unspecified atom stereocenters. The van der Waals surface area contributed by atoms with Crippen molar-refractivity contribution >= 4 is 23.0 Å². The summed E-state index contributed by atoms with van der Waals surface area (Å²) < 4.78 is 7.15. The Kier molecular flexibility index (Phi) is 4.42. The van der Waals surface area contributed by atoms with Crippen LogP contribution in [-0.4, -0.2) is 59.1 Å². The van der Waals surface area contributed by atoms with Crippen molar-refractivity contribution < 1.29 is 24.9 Å². The predicted octanol–water partition coefficient (Wildman–Crippen LogP) is -0.551. The zero-order chi connectivity index (χ0) is 17.3. The third kappa shape index (κ3) is 2.94. The van der Waals surface area contributed by atoms with Gasteiger partial charge in [-0.05, 0) is 6.42 Å². The van der Waals surface area contributed by atoms with Gasteiger partial charge in [-0.3, -0.25) is 9.36 Å². The van der Waals surface area contributed by atoms with Gasteiger partial charge in [0.25, 0.3) is 0 Å². The lowest BCUT2D eigenvalue weighted by molar-refractivity contribution is -0.136. The highest BCUT2D eigenvalue weighted by Crippen LogP contribution is 2.32. The van der Waals surface area contributed by atoms with Gasteiger partial charge in [-0.25, -0.2) is 15.0 Å². The molecule has 0 bridgehead atoms. The van der Waals surface area contributed by atoms with Gasteiger partial charge in [-0.15, -0.1) is 0 Å². The number of nitrogens with zero attached hydrogens (tertiary/aromatic N) is 4.